The average molecular weight is 301 g/mol. The highest BCUT2D eigenvalue weighted by molar-refractivity contribution is 5.75. The van der Waals surface area contributed by atoms with Crippen LogP contribution in [0.1, 0.15) is 18.4 Å². The Morgan fingerprint density at radius 3 is 3.18 bits per heavy atom. The lowest BCUT2D eigenvalue weighted by atomic mass is 9.97. The van der Waals surface area contributed by atoms with E-state index in [1.54, 1.807) is 4.68 Å². The number of aromatic nitrogens is 4. The molecule has 1 aromatic carbocycles. The maximum atomic E-state index is 11.9. The van der Waals surface area contributed by atoms with Crippen molar-refractivity contribution >= 4 is 5.91 Å². The number of rotatable bonds is 5. The molecule has 0 saturated carbocycles. The first-order valence-corrected chi connectivity index (χ1v) is 7.49. The van der Waals surface area contributed by atoms with Gasteiger partial charge in [0.05, 0.1) is 13.2 Å². The van der Waals surface area contributed by atoms with Gasteiger partial charge in [-0.25, -0.2) is 4.68 Å². The molecule has 3 rings (SSSR count). The summed E-state index contributed by atoms with van der Waals surface area (Å²) in [5.41, 5.74) is 1.22. The van der Waals surface area contributed by atoms with Crippen LogP contribution >= 0.6 is 0 Å². The Morgan fingerprint density at radius 1 is 1.41 bits per heavy atom. The number of benzene rings is 1. The Labute approximate surface area is 128 Å². The zero-order valence-electron chi connectivity index (χ0n) is 12.3. The fourth-order valence-corrected chi connectivity index (χ4v) is 2.58. The van der Waals surface area contributed by atoms with E-state index in [1.807, 2.05) is 18.2 Å². The minimum absolute atomic E-state index is 0.0222. The van der Waals surface area contributed by atoms with Crippen LogP contribution in [0.5, 0.6) is 5.75 Å². The Morgan fingerprint density at radius 2 is 2.32 bits per heavy atom. The van der Waals surface area contributed by atoms with Crippen molar-refractivity contribution in [1.82, 2.24) is 25.5 Å². The summed E-state index contributed by atoms with van der Waals surface area (Å²) in [6.45, 7) is 1.86. The van der Waals surface area contributed by atoms with E-state index in [0.29, 0.717) is 32.0 Å². The predicted octanol–water partition coefficient (Wildman–Crippen LogP) is 0.821. The van der Waals surface area contributed by atoms with E-state index in [1.165, 1.54) is 11.9 Å². The number of carbonyl (C=O) groups excluding carboxylic acids is 1. The van der Waals surface area contributed by atoms with E-state index in [2.05, 4.69) is 26.9 Å². The highest BCUT2D eigenvalue weighted by Gasteiger charge is 2.17. The second-order valence-corrected chi connectivity index (χ2v) is 5.44. The summed E-state index contributed by atoms with van der Waals surface area (Å²) in [5, 5.41) is 13.8. The Balaban J connectivity index is 1.46. The normalized spacial score (nSPS) is 17.2. The molecule has 0 saturated heterocycles. The number of fused-ring (bicyclic) bond motifs is 1. The van der Waals surface area contributed by atoms with E-state index in [9.17, 15) is 4.79 Å². The fourth-order valence-electron chi connectivity index (χ4n) is 2.58. The van der Waals surface area contributed by atoms with E-state index >= 15 is 0 Å². The van der Waals surface area contributed by atoms with Crippen LogP contribution in [0.3, 0.4) is 0 Å². The second kappa shape index (κ2) is 7.02. The average Bonchev–Trinajstić information content (AvgIpc) is 2.96. The Bertz CT molecular complexity index is 614. The zero-order valence-corrected chi connectivity index (χ0v) is 12.3. The van der Waals surface area contributed by atoms with Gasteiger partial charge >= 0.3 is 0 Å². The molecule has 7 nitrogen and oxygen atoms in total. The molecule has 0 radical (unpaired) electrons. The Kier molecular flexibility index (Phi) is 4.62. The predicted molar refractivity (Wildman–Crippen MR) is 79.2 cm³/mol. The van der Waals surface area contributed by atoms with Gasteiger partial charge in [0.2, 0.25) is 5.91 Å². The van der Waals surface area contributed by atoms with Gasteiger partial charge in [-0.3, -0.25) is 4.79 Å². The summed E-state index contributed by atoms with van der Waals surface area (Å²) in [5.74, 6) is 1.39. The van der Waals surface area contributed by atoms with Gasteiger partial charge in [0.1, 0.15) is 12.1 Å². The van der Waals surface area contributed by atoms with Crippen LogP contribution in [0.15, 0.2) is 30.6 Å². The van der Waals surface area contributed by atoms with Gasteiger partial charge < -0.3 is 10.1 Å². The van der Waals surface area contributed by atoms with Crippen molar-refractivity contribution in [1.29, 1.82) is 0 Å². The monoisotopic (exact) mass is 301 g/mol. The largest absolute Gasteiger partial charge is 0.493 e. The first kappa shape index (κ1) is 14.5. The molecule has 7 heteroatoms. The summed E-state index contributed by atoms with van der Waals surface area (Å²) in [6, 6.07) is 8.10. The van der Waals surface area contributed by atoms with Crippen molar-refractivity contribution in [2.24, 2.45) is 5.92 Å². The Hall–Kier alpha value is -2.44. The van der Waals surface area contributed by atoms with Crippen molar-refractivity contribution in [2.75, 3.05) is 13.2 Å². The van der Waals surface area contributed by atoms with Crippen LogP contribution in [0.2, 0.25) is 0 Å². The number of hydrogen-bond donors (Lipinski definition) is 1. The minimum Gasteiger partial charge on any atom is -0.493 e. The van der Waals surface area contributed by atoms with Gasteiger partial charge in [0, 0.05) is 13.0 Å². The van der Waals surface area contributed by atoms with Crippen molar-refractivity contribution < 1.29 is 9.53 Å². The van der Waals surface area contributed by atoms with E-state index in [0.717, 1.165) is 18.6 Å². The van der Waals surface area contributed by atoms with Crippen LogP contribution in [0.4, 0.5) is 0 Å². The summed E-state index contributed by atoms with van der Waals surface area (Å²) in [6.07, 6.45) is 3.77. The minimum atomic E-state index is 0.0222. The third-order valence-corrected chi connectivity index (χ3v) is 3.81. The molecular formula is C15H19N5O2. The summed E-state index contributed by atoms with van der Waals surface area (Å²) in [7, 11) is 0. The van der Waals surface area contributed by atoms with E-state index in [-0.39, 0.29) is 5.91 Å². The van der Waals surface area contributed by atoms with Crippen molar-refractivity contribution in [2.45, 2.75) is 25.8 Å². The van der Waals surface area contributed by atoms with Gasteiger partial charge in [-0.2, -0.15) is 0 Å². The molecular weight excluding hydrogens is 282 g/mol. The lowest BCUT2D eigenvalue weighted by Crippen LogP contribution is -2.31. The fraction of sp³-hybridized carbons (Fsp3) is 0.467. The highest BCUT2D eigenvalue weighted by Crippen LogP contribution is 2.26. The number of amides is 1. The SMILES string of the molecule is O=C(CCn1cnnn1)NCC1CCOc2ccccc2C1. The topological polar surface area (TPSA) is 81.9 Å². The third-order valence-electron chi connectivity index (χ3n) is 3.81. The number of tetrazole rings is 1. The van der Waals surface area contributed by atoms with Crippen LogP contribution < -0.4 is 10.1 Å². The molecule has 22 heavy (non-hydrogen) atoms. The molecule has 1 aliphatic heterocycles. The molecule has 1 aliphatic rings. The molecule has 1 aromatic heterocycles. The molecule has 0 aliphatic carbocycles. The van der Waals surface area contributed by atoms with Crippen LogP contribution in [0.25, 0.3) is 0 Å². The molecule has 1 unspecified atom stereocenters. The number of para-hydroxylation sites is 1. The highest BCUT2D eigenvalue weighted by atomic mass is 16.5. The molecule has 116 valence electrons. The molecule has 0 spiro atoms. The zero-order chi connectivity index (χ0) is 15.2. The van der Waals surface area contributed by atoms with Gasteiger partial charge in [-0.05, 0) is 40.8 Å². The van der Waals surface area contributed by atoms with Crippen molar-refractivity contribution in [3.63, 3.8) is 0 Å². The molecule has 2 aromatic rings. The molecule has 0 fully saturated rings. The molecule has 1 N–H and O–H groups in total. The molecule has 0 bridgehead atoms. The quantitative estimate of drug-likeness (QED) is 0.884. The summed E-state index contributed by atoms with van der Waals surface area (Å²) in [4.78, 5) is 11.9. The van der Waals surface area contributed by atoms with E-state index < -0.39 is 0 Å². The lowest BCUT2D eigenvalue weighted by molar-refractivity contribution is -0.121. The van der Waals surface area contributed by atoms with Crippen molar-refractivity contribution in [3.8, 4) is 5.75 Å². The standard InChI is InChI=1S/C15H19N5O2/c21-15(5-7-20-11-17-18-19-20)16-10-12-6-8-22-14-4-2-1-3-13(14)9-12/h1-4,11-12H,5-10H2,(H,16,21). The van der Waals surface area contributed by atoms with Crippen LogP contribution in [-0.4, -0.2) is 39.3 Å². The number of hydrogen-bond acceptors (Lipinski definition) is 5. The maximum absolute atomic E-state index is 11.9. The van der Waals surface area contributed by atoms with Crippen molar-refractivity contribution in [3.05, 3.63) is 36.2 Å². The van der Waals surface area contributed by atoms with Crippen LogP contribution in [0, 0.1) is 5.92 Å². The first-order chi connectivity index (χ1) is 10.8. The van der Waals surface area contributed by atoms with Gasteiger partial charge in [-0.1, -0.05) is 18.2 Å². The molecule has 1 atom stereocenters. The van der Waals surface area contributed by atoms with Gasteiger partial charge in [0.15, 0.2) is 0 Å². The van der Waals surface area contributed by atoms with Crippen LogP contribution in [-0.2, 0) is 17.8 Å². The summed E-state index contributed by atoms with van der Waals surface area (Å²) < 4.78 is 7.29. The second-order valence-electron chi connectivity index (χ2n) is 5.44. The smallest absolute Gasteiger partial charge is 0.221 e. The van der Waals surface area contributed by atoms with E-state index in [4.69, 9.17) is 4.74 Å². The number of nitrogens with zero attached hydrogens (tertiary/aromatic N) is 4. The number of ether oxygens (including phenoxy) is 1. The maximum Gasteiger partial charge on any atom is 0.221 e. The summed E-state index contributed by atoms with van der Waals surface area (Å²) >= 11 is 0. The lowest BCUT2D eigenvalue weighted by Gasteiger charge is -2.14. The number of carbonyl (C=O) groups is 1. The third kappa shape index (κ3) is 3.81. The number of nitrogens with one attached hydrogen (secondary N) is 1. The number of aryl methyl sites for hydroxylation is 1. The molecule has 1 amide bonds. The molecule has 2 heterocycles. The first-order valence-electron chi connectivity index (χ1n) is 7.49. The van der Waals surface area contributed by atoms with Gasteiger partial charge in [0.25, 0.3) is 0 Å². The van der Waals surface area contributed by atoms with Gasteiger partial charge in [-0.15, -0.1) is 5.10 Å².